The number of rotatable bonds is 3. The van der Waals surface area contributed by atoms with Crippen LogP contribution in [-0.2, 0) is 0 Å². The molecule has 3 aromatic rings. The standard InChI is InChI=1S/C15H13N5/c1-11-3-2-4-12(9-11)15-17-8-6-14(20-15)19-13-5-7-16-10-18-13/h2-10H,1H3,(H,16,17,18,19,20). The van der Waals surface area contributed by atoms with Gasteiger partial charge in [-0.15, -0.1) is 0 Å². The minimum atomic E-state index is 0.688. The highest BCUT2D eigenvalue weighted by molar-refractivity contribution is 5.59. The van der Waals surface area contributed by atoms with Crippen LogP contribution in [-0.4, -0.2) is 19.9 Å². The molecule has 2 heterocycles. The first kappa shape index (κ1) is 12.2. The van der Waals surface area contributed by atoms with E-state index in [1.807, 2.05) is 25.1 Å². The minimum absolute atomic E-state index is 0.688. The molecule has 3 rings (SSSR count). The van der Waals surface area contributed by atoms with Gasteiger partial charge in [0.2, 0.25) is 0 Å². The van der Waals surface area contributed by atoms with Crippen molar-refractivity contribution in [1.29, 1.82) is 0 Å². The molecule has 20 heavy (non-hydrogen) atoms. The molecule has 98 valence electrons. The second-order valence-corrected chi connectivity index (χ2v) is 4.35. The molecule has 5 nitrogen and oxygen atoms in total. The summed E-state index contributed by atoms with van der Waals surface area (Å²) in [5.41, 5.74) is 2.18. The molecular weight excluding hydrogens is 250 g/mol. The van der Waals surface area contributed by atoms with Gasteiger partial charge in [0.1, 0.15) is 18.0 Å². The fraction of sp³-hybridized carbons (Fsp3) is 0.0667. The summed E-state index contributed by atoms with van der Waals surface area (Å²) in [4.78, 5) is 16.8. The number of hydrogen-bond acceptors (Lipinski definition) is 5. The zero-order valence-electron chi connectivity index (χ0n) is 11.0. The summed E-state index contributed by atoms with van der Waals surface area (Å²) in [7, 11) is 0. The fourth-order valence-electron chi connectivity index (χ4n) is 1.85. The van der Waals surface area contributed by atoms with Crippen molar-refractivity contribution in [1.82, 2.24) is 19.9 Å². The van der Waals surface area contributed by atoms with Crippen LogP contribution in [0.15, 0.2) is 55.1 Å². The zero-order chi connectivity index (χ0) is 13.8. The van der Waals surface area contributed by atoms with Gasteiger partial charge in [-0.1, -0.05) is 23.8 Å². The quantitative estimate of drug-likeness (QED) is 0.787. The Kier molecular flexibility index (Phi) is 3.33. The first-order valence-electron chi connectivity index (χ1n) is 6.24. The van der Waals surface area contributed by atoms with E-state index >= 15 is 0 Å². The number of nitrogens with zero attached hydrogens (tertiary/aromatic N) is 4. The summed E-state index contributed by atoms with van der Waals surface area (Å²) in [6.07, 6.45) is 4.90. The van der Waals surface area contributed by atoms with Crippen molar-refractivity contribution in [2.45, 2.75) is 6.92 Å². The molecule has 1 aromatic carbocycles. The van der Waals surface area contributed by atoms with Crippen LogP contribution in [0.25, 0.3) is 11.4 Å². The Morgan fingerprint density at radius 1 is 0.950 bits per heavy atom. The highest BCUT2D eigenvalue weighted by Crippen LogP contribution is 2.18. The van der Waals surface area contributed by atoms with Gasteiger partial charge >= 0.3 is 0 Å². The van der Waals surface area contributed by atoms with Gasteiger partial charge in [0.05, 0.1) is 0 Å². The topological polar surface area (TPSA) is 63.6 Å². The highest BCUT2D eigenvalue weighted by atomic mass is 15.1. The van der Waals surface area contributed by atoms with E-state index in [1.165, 1.54) is 11.9 Å². The predicted molar refractivity (Wildman–Crippen MR) is 77.5 cm³/mol. The molecule has 0 amide bonds. The Labute approximate surface area is 116 Å². The predicted octanol–water partition coefficient (Wildman–Crippen LogP) is 2.99. The lowest BCUT2D eigenvalue weighted by atomic mass is 10.1. The van der Waals surface area contributed by atoms with Crippen molar-refractivity contribution in [2.75, 3.05) is 5.32 Å². The third-order valence-corrected chi connectivity index (χ3v) is 2.77. The number of benzene rings is 1. The molecular formula is C15H13N5. The maximum Gasteiger partial charge on any atom is 0.161 e. The molecule has 0 aliphatic rings. The molecule has 0 spiro atoms. The minimum Gasteiger partial charge on any atom is -0.325 e. The van der Waals surface area contributed by atoms with E-state index in [2.05, 4.69) is 31.3 Å². The van der Waals surface area contributed by atoms with Crippen molar-refractivity contribution < 1.29 is 0 Å². The lowest BCUT2D eigenvalue weighted by Gasteiger charge is -2.06. The molecule has 0 fully saturated rings. The number of hydrogen-bond donors (Lipinski definition) is 1. The van der Waals surface area contributed by atoms with Crippen LogP contribution in [0, 0.1) is 6.92 Å². The first-order chi connectivity index (χ1) is 9.81. The highest BCUT2D eigenvalue weighted by Gasteiger charge is 2.03. The molecule has 0 saturated carbocycles. The maximum absolute atomic E-state index is 4.50. The van der Waals surface area contributed by atoms with Crippen LogP contribution < -0.4 is 5.32 Å². The van der Waals surface area contributed by atoms with Gasteiger partial charge in [0.15, 0.2) is 5.82 Å². The molecule has 0 radical (unpaired) electrons. The Morgan fingerprint density at radius 3 is 2.65 bits per heavy atom. The molecule has 0 atom stereocenters. The Bertz CT molecular complexity index is 712. The smallest absolute Gasteiger partial charge is 0.161 e. The number of anilines is 2. The lowest BCUT2D eigenvalue weighted by Crippen LogP contribution is -1.98. The van der Waals surface area contributed by atoms with Crippen molar-refractivity contribution in [3.05, 3.63) is 60.7 Å². The van der Waals surface area contributed by atoms with Crippen molar-refractivity contribution in [3.63, 3.8) is 0 Å². The van der Waals surface area contributed by atoms with E-state index in [9.17, 15) is 0 Å². The average Bonchev–Trinajstić information content (AvgIpc) is 2.49. The zero-order valence-corrected chi connectivity index (χ0v) is 11.0. The van der Waals surface area contributed by atoms with E-state index < -0.39 is 0 Å². The molecule has 0 aliphatic carbocycles. The second kappa shape index (κ2) is 5.44. The summed E-state index contributed by atoms with van der Waals surface area (Å²) in [6, 6.07) is 11.7. The van der Waals surface area contributed by atoms with Crippen LogP contribution >= 0.6 is 0 Å². The van der Waals surface area contributed by atoms with Gasteiger partial charge in [-0.2, -0.15) is 0 Å². The summed E-state index contributed by atoms with van der Waals surface area (Å²) < 4.78 is 0. The van der Waals surface area contributed by atoms with Gasteiger partial charge in [0.25, 0.3) is 0 Å². The average molecular weight is 263 g/mol. The van der Waals surface area contributed by atoms with Crippen molar-refractivity contribution in [2.24, 2.45) is 0 Å². The van der Waals surface area contributed by atoms with Crippen LogP contribution in [0.1, 0.15) is 5.56 Å². The fourth-order valence-corrected chi connectivity index (χ4v) is 1.85. The van der Waals surface area contributed by atoms with Gasteiger partial charge < -0.3 is 5.32 Å². The lowest BCUT2D eigenvalue weighted by molar-refractivity contribution is 1.14. The number of aromatic nitrogens is 4. The summed E-state index contributed by atoms with van der Waals surface area (Å²) in [5.74, 6) is 2.09. The molecule has 1 N–H and O–H groups in total. The van der Waals surface area contributed by atoms with Gasteiger partial charge in [-0.25, -0.2) is 19.9 Å². The van der Waals surface area contributed by atoms with E-state index in [1.54, 1.807) is 24.5 Å². The van der Waals surface area contributed by atoms with Gasteiger partial charge in [-0.3, -0.25) is 0 Å². The first-order valence-corrected chi connectivity index (χ1v) is 6.24. The monoisotopic (exact) mass is 263 g/mol. The summed E-state index contributed by atoms with van der Waals surface area (Å²) >= 11 is 0. The summed E-state index contributed by atoms with van der Waals surface area (Å²) in [6.45, 7) is 2.05. The Morgan fingerprint density at radius 2 is 1.85 bits per heavy atom. The van der Waals surface area contributed by atoms with Gasteiger partial charge in [-0.05, 0) is 25.1 Å². The molecule has 2 aromatic heterocycles. The van der Waals surface area contributed by atoms with E-state index in [-0.39, 0.29) is 0 Å². The normalized spacial score (nSPS) is 10.2. The molecule has 0 unspecified atom stereocenters. The molecule has 0 saturated heterocycles. The largest absolute Gasteiger partial charge is 0.325 e. The van der Waals surface area contributed by atoms with E-state index in [4.69, 9.17) is 0 Å². The van der Waals surface area contributed by atoms with Crippen molar-refractivity contribution >= 4 is 11.6 Å². The SMILES string of the molecule is Cc1cccc(-c2nccc(Nc3ccncn3)n2)c1. The van der Waals surface area contributed by atoms with Crippen LogP contribution in [0.4, 0.5) is 11.6 Å². The molecule has 0 aliphatic heterocycles. The summed E-state index contributed by atoms with van der Waals surface area (Å²) in [5, 5.41) is 3.13. The van der Waals surface area contributed by atoms with Crippen molar-refractivity contribution in [3.8, 4) is 11.4 Å². The second-order valence-electron chi connectivity index (χ2n) is 4.35. The molecule has 0 bridgehead atoms. The van der Waals surface area contributed by atoms with Crippen LogP contribution in [0.5, 0.6) is 0 Å². The third-order valence-electron chi connectivity index (χ3n) is 2.77. The van der Waals surface area contributed by atoms with Crippen LogP contribution in [0.2, 0.25) is 0 Å². The maximum atomic E-state index is 4.50. The van der Waals surface area contributed by atoms with E-state index in [0.717, 1.165) is 5.56 Å². The Hall–Kier alpha value is -2.82. The Balaban J connectivity index is 1.90. The number of aryl methyl sites for hydroxylation is 1. The van der Waals surface area contributed by atoms with Gasteiger partial charge in [0, 0.05) is 18.0 Å². The molecule has 5 heteroatoms. The third kappa shape index (κ3) is 2.77. The van der Waals surface area contributed by atoms with E-state index in [0.29, 0.717) is 17.5 Å². The van der Waals surface area contributed by atoms with Crippen LogP contribution in [0.3, 0.4) is 0 Å². The number of nitrogens with one attached hydrogen (secondary N) is 1.